The Morgan fingerprint density at radius 3 is 3.05 bits per heavy atom. The van der Waals surface area contributed by atoms with Crippen LogP contribution in [0.3, 0.4) is 0 Å². The Balaban J connectivity index is 1.62. The second kappa shape index (κ2) is 5.32. The van der Waals surface area contributed by atoms with Gasteiger partial charge in [-0.2, -0.15) is 4.98 Å². The molecule has 3 N–H and O–H groups in total. The molecule has 1 aromatic heterocycles. The number of aromatic nitrogens is 1. The SMILES string of the molecule is CC(C)N1CCC(CNc2nc3c(N)cccc3o2)C1. The fourth-order valence-electron chi connectivity index (χ4n) is 2.78. The highest BCUT2D eigenvalue weighted by Crippen LogP contribution is 2.24. The minimum absolute atomic E-state index is 0.570. The molecule has 3 rings (SSSR count). The minimum Gasteiger partial charge on any atom is -0.423 e. The molecule has 2 aromatic rings. The first-order chi connectivity index (χ1) is 9.63. The lowest BCUT2D eigenvalue weighted by atomic mass is 10.1. The Morgan fingerprint density at radius 1 is 1.50 bits per heavy atom. The Hall–Kier alpha value is -1.75. The molecule has 1 unspecified atom stereocenters. The topological polar surface area (TPSA) is 67.3 Å². The number of likely N-dealkylation sites (tertiary alicyclic amines) is 1. The van der Waals surface area contributed by atoms with E-state index in [1.54, 1.807) is 0 Å². The molecule has 5 nitrogen and oxygen atoms in total. The van der Waals surface area contributed by atoms with Gasteiger partial charge >= 0.3 is 0 Å². The van der Waals surface area contributed by atoms with Crippen molar-refractivity contribution in [2.45, 2.75) is 26.3 Å². The summed E-state index contributed by atoms with van der Waals surface area (Å²) < 4.78 is 5.67. The molecule has 1 aliphatic heterocycles. The Labute approximate surface area is 119 Å². The maximum atomic E-state index is 5.88. The first-order valence-corrected chi connectivity index (χ1v) is 7.26. The van der Waals surface area contributed by atoms with E-state index >= 15 is 0 Å². The third-order valence-electron chi connectivity index (χ3n) is 4.04. The van der Waals surface area contributed by atoms with Gasteiger partial charge in [0.25, 0.3) is 6.01 Å². The van der Waals surface area contributed by atoms with Crippen molar-refractivity contribution in [1.29, 1.82) is 0 Å². The Morgan fingerprint density at radius 2 is 2.35 bits per heavy atom. The highest BCUT2D eigenvalue weighted by atomic mass is 16.4. The predicted molar refractivity (Wildman–Crippen MR) is 81.7 cm³/mol. The number of nitrogens with one attached hydrogen (secondary N) is 1. The third-order valence-corrected chi connectivity index (χ3v) is 4.04. The van der Waals surface area contributed by atoms with Crippen molar-refractivity contribution in [1.82, 2.24) is 9.88 Å². The lowest BCUT2D eigenvalue weighted by Crippen LogP contribution is -2.29. The molecule has 5 heteroatoms. The number of fused-ring (bicyclic) bond motifs is 1. The van der Waals surface area contributed by atoms with Gasteiger partial charge in [-0.3, -0.25) is 0 Å². The molecule has 108 valence electrons. The van der Waals surface area contributed by atoms with Gasteiger partial charge in [-0.15, -0.1) is 0 Å². The van der Waals surface area contributed by atoms with Crippen LogP contribution < -0.4 is 11.1 Å². The zero-order valence-electron chi connectivity index (χ0n) is 12.1. The van der Waals surface area contributed by atoms with Crippen LogP contribution in [0.1, 0.15) is 20.3 Å². The van der Waals surface area contributed by atoms with Crippen LogP contribution in [0.2, 0.25) is 0 Å². The number of nitrogen functional groups attached to an aromatic ring is 1. The van der Waals surface area contributed by atoms with E-state index in [4.69, 9.17) is 10.2 Å². The van der Waals surface area contributed by atoms with Gasteiger partial charge < -0.3 is 20.4 Å². The average Bonchev–Trinajstić information content (AvgIpc) is 3.03. The van der Waals surface area contributed by atoms with Crippen LogP contribution in [0.5, 0.6) is 0 Å². The molecule has 0 saturated carbocycles. The largest absolute Gasteiger partial charge is 0.423 e. The summed E-state index contributed by atoms with van der Waals surface area (Å²) in [6.45, 7) is 7.73. The predicted octanol–water partition coefficient (Wildman–Crippen LogP) is 2.55. The summed E-state index contributed by atoms with van der Waals surface area (Å²) in [6.07, 6.45) is 1.23. The normalized spacial score (nSPS) is 20.1. The molecule has 1 aromatic carbocycles. The van der Waals surface area contributed by atoms with E-state index in [-0.39, 0.29) is 0 Å². The maximum Gasteiger partial charge on any atom is 0.295 e. The van der Waals surface area contributed by atoms with Gasteiger partial charge in [-0.25, -0.2) is 0 Å². The van der Waals surface area contributed by atoms with Gasteiger partial charge in [-0.1, -0.05) is 6.07 Å². The van der Waals surface area contributed by atoms with Crippen LogP contribution >= 0.6 is 0 Å². The van der Waals surface area contributed by atoms with Crippen molar-refractivity contribution in [2.24, 2.45) is 5.92 Å². The van der Waals surface area contributed by atoms with E-state index in [2.05, 4.69) is 29.0 Å². The summed E-state index contributed by atoms with van der Waals surface area (Å²) in [5, 5.41) is 3.30. The first kappa shape index (κ1) is 13.2. The second-order valence-electron chi connectivity index (χ2n) is 5.84. The number of nitrogens with zero attached hydrogens (tertiary/aromatic N) is 2. The van der Waals surface area contributed by atoms with Crippen LogP contribution in [0.15, 0.2) is 22.6 Å². The fourth-order valence-corrected chi connectivity index (χ4v) is 2.78. The van der Waals surface area contributed by atoms with Gasteiger partial charge in [0.15, 0.2) is 5.58 Å². The number of anilines is 2. The van der Waals surface area contributed by atoms with Crippen molar-refractivity contribution < 1.29 is 4.42 Å². The number of rotatable bonds is 4. The van der Waals surface area contributed by atoms with Crippen LogP contribution in [0.4, 0.5) is 11.7 Å². The number of para-hydroxylation sites is 1. The van der Waals surface area contributed by atoms with Crippen LogP contribution in [-0.4, -0.2) is 35.6 Å². The van der Waals surface area contributed by atoms with Gasteiger partial charge in [0.1, 0.15) is 5.52 Å². The molecule has 0 aliphatic carbocycles. The Bertz CT molecular complexity index is 593. The van der Waals surface area contributed by atoms with Crippen molar-refractivity contribution >= 4 is 22.8 Å². The third kappa shape index (κ3) is 2.58. The summed E-state index contributed by atoms with van der Waals surface area (Å²) in [5.41, 5.74) is 8.02. The molecule has 1 fully saturated rings. The van der Waals surface area contributed by atoms with E-state index in [0.29, 0.717) is 23.7 Å². The molecular formula is C15H22N4O. The highest BCUT2D eigenvalue weighted by Gasteiger charge is 2.24. The summed E-state index contributed by atoms with van der Waals surface area (Å²) in [7, 11) is 0. The smallest absolute Gasteiger partial charge is 0.295 e. The molecule has 1 atom stereocenters. The lowest BCUT2D eigenvalue weighted by Gasteiger charge is -2.20. The molecule has 1 aliphatic rings. The molecule has 2 heterocycles. The van der Waals surface area contributed by atoms with E-state index < -0.39 is 0 Å². The van der Waals surface area contributed by atoms with Crippen molar-refractivity contribution in [2.75, 3.05) is 30.7 Å². The monoisotopic (exact) mass is 274 g/mol. The standard InChI is InChI=1S/C15H22N4O/c1-10(2)19-7-6-11(9-19)8-17-15-18-14-12(16)4-3-5-13(14)20-15/h3-5,10-11H,6-9,16H2,1-2H3,(H,17,18). The van der Waals surface area contributed by atoms with Gasteiger partial charge in [0.2, 0.25) is 0 Å². The number of hydrogen-bond acceptors (Lipinski definition) is 5. The van der Waals surface area contributed by atoms with E-state index in [1.165, 1.54) is 13.0 Å². The van der Waals surface area contributed by atoms with Gasteiger partial charge in [-0.05, 0) is 44.9 Å². The molecule has 20 heavy (non-hydrogen) atoms. The highest BCUT2D eigenvalue weighted by molar-refractivity contribution is 5.86. The number of nitrogens with two attached hydrogens (primary N) is 1. The average molecular weight is 274 g/mol. The zero-order chi connectivity index (χ0) is 14.1. The summed E-state index contributed by atoms with van der Waals surface area (Å²) >= 11 is 0. The maximum absolute atomic E-state index is 5.88. The minimum atomic E-state index is 0.570. The summed E-state index contributed by atoms with van der Waals surface area (Å²) in [6, 6.07) is 6.81. The molecule has 0 amide bonds. The molecule has 0 spiro atoms. The number of hydrogen-bond donors (Lipinski definition) is 2. The quantitative estimate of drug-likeness (QED) is 0.839. The van der Waals surface area contributed by atoms with Crippen LogP contribution in [0, 0.1) is 5.92 Å². The molecular weight excluding hydrogens is 252 g/mol. The molecule has 0 radical (unpaired) electrons. The van der Waals surface area contributed by atoms with E-state index in [0.717, 1.165) is 24.2 Å². The Kier molecular flexibility index (Phi) is 3.53. The number of oxazole rings is 1. The first-order valence-electron chi connectivity index (χ1n) is 7.26. The second-order valence-corrected chi connectivity index (χ2v) is 5.84. The summed E-state index contributed by atoms with van der Waals surface area (Å²) in [5.74, 6) is 0.657. The van der Waals surface area contributed by atoms with Crippen molar-refractivity contribution in [3.8, 4) is 0 Å². The van der Waals surface area contributed by atoms with Gasteiger partial charge in [0, 0.05) is 19.1 Å². The molecule has 1 saturated heterocycles. The van der Waals surface area contributed by atoms with E-state index in [1.807, 2.05) is 18.2 Å². The van der Waals surface area contributed by atoms with E-state index in [9.17, 15) is 0 Å². The van der Waals surface area contributed by atoms with Crippen molar-refractivity contribution in [3.05, 3.63) is 18.2 Å². The number of benzene rings is 1. The molecule has 0 bridgehead atoms. The summed E-state index contributed by atoms with van der Waals surface area (Å²) in [4.78, 5) is 6.92. The van der Waals surface area contributed by atoms with Crippen LogP contribution in [0.25, 0.3) is 11.1 Å². The zero-order valence-corrected chi connectivity index (χ0v) is 12.1. The lowest BCUT2D eigenvalue weighted by molar-refractivity contribution is 0.266. The van der Waals surface area contributed by atoms with Gasteiger partial charge in [0.05, 0.1) is 5.69 Å². The van der Waals surface area contributed by atoms with Crippen LogP contribution in [-0.2, 0) is 0 Å². The van der Waals surface area contributed by atoms with Crippen molar-refractivity contribution in [3.63, 3.8) is 0 Å². The fraction of sp³-hybridized carbons (Fsp3) is 0.533.